The fourth-order valence-corrected chi connectivity index (χ4v) is 3.32. The average Bonchev–Trinajstić information content (AvgIpc) is 3.17. The van der Waals surface area contributed by atoms with E-state index in [1.807, 2.05) is 30.3 Å². The number of carbonyl (C=O) groups is 2. The summed E-state index contributed by atoms with van der Waals surface area (Å²) in [6.07, 6.45) is 1.65. The maximum absolute atomic E-state index is 13.0. The van der Waals surface area contributed by atoms with Gasteiger partial charge in [-0.25, -0.2) is 4.68 Å². The van der Waals surface area contributed by atoms with E-state index < -0.39 is 6.04 Å². The van der Waals surface area contributed by atoms with E-state index in [9.17, 15) is 9.59 Å². The van der Waals surface area contributed by atoms with E-state index in [0.29, 0.717) is 23.0 Å². The Hall–Kier alpha value is -3.81. The van der Waals surface area contributed by atoms with Gasteiger partial charge in [-0.3, -0.25) is 9.59 Å². The monoisotopic (exact) mass is 392 g/mol. The summed E-state index contributed by atoms with van der Waals surface area (Å²) in [5.41, 5.74) is 2.16. The molecule has 0 saturated carbocycles. The molecule has 4 rings (SSSR count). The molecule has 29 heavy (non-hydrogen) atoms. The van der Waals surface area contributed by atoms with Gasteiger partial charge in [-0.05, 0) is 17.7 Å². The fraction of sp³-hybridized carbons (Fsp3) is 0.190. The molecule has 3 aromatic rings. The minimum Gasteiger partial charge on any atom is -0.497 e. The van der Waals surface area contributed by atoms with Crippen molar-refractivity contribution in [3.63, 3.8) is 0 Å². The highest BCUT2D eigenvalue weighted by molar-refractivity contribution is 6.03. The molecule has 1 aliphatic heterocycles. The van der Waals surface area contributed by atoms with Crippen LogP contribution in [0.3, 0.4) is 0 Å². The molecule has 0 spiro atoms. The van der Waals surface area contributed by atoms with E-state index in [4.69, 9.17) is 9.47 Å². The number of methoxy groups -OCH3 is 2. The number of anilines is 2. The van der Waals surface area contributed by atoms with E-state index >= 15 is 0 Å². The number of hydrogen-bond donors (Lipinski definition) is 2. The molecule has 2 heterocycles. The third-order valence-electron chi connectivity index (χ3n) is 4.78. The van der Waals surface area contributed by atoms with Gasteiger partial charge in [-0.1, -0.05) is 30.3 Å². The van der Waals surface area contributed by atoms with Gasteiger partial charge >= 0.3 is 0 Å². The van der Waals surface area contributed by atoms with Crippen LogP contribution in [0.15, 0.2) is 54.7 Å². The zero-order valence-corrected chi connectivity index (χ0v) is 16.0. The van der Waals surface area contributed by atoms with Crippen molar-refractivity contribution in [1.82, 2.24) is 9.78 Å². The van der Waals surface area contributed by atoms with Crippen LogP contribution < -0.4 is 20.1 Å². The summed E-state index contributed by atoms with van der Waals surface area (Å²) >= 11 is 0. The van der Waals surface area contributed by atoms with Crippen molar-refractivity contribution in [3.8, 4) is 22.6 Å². The lowest BCUT2D eigenvalue weighted by Crippen LogP contribution is -2.35. The Morgan fingerprint density at radius 3 is 2.69 bits per heavy atom. The van der Waals surface area contributed by atoms with Gasteiger partial charge in [0.05, 0.1) is 32.5 Å². The van der Waals surface area contributed by atoms with Gasteiger partial charge in [0.1, 0.15) is 23.4 Å². The number of benzene rings is 2. The third-order valence-corrected chi connectivity index (χ3v) is 4.78. The summed E-state index contributed by atoms with van der Waals surface area (Å²) in [7, 11) is 3.06. The number of carbonyl (C=O) groups excluding carboxylic acids is 2. The van der Waals surface area contributed by atoms with Crippen molar-refractivity contribution in [2.75, 3.05) is 24.9 Å². The second-order valence-electron chi connectivity index (χ2n) is 6.54. The Labute approximate surface area is 167 Å². The number of aromatic nitrogens is 2. The molecule has 0 fully saturated rings. The lowest BCUT2D eigenvalue weighted by Gasteiger charge is -2.25. The highest BCUT2D eigenvalue weighted by Crippen LogP contribution is 2.35. The molecule has 0 bridgehead atoms. The van der Waals surface area contributed by atoms with Crippen molar-refractivity contribution in [3.05, 3.63) is 54.7 Å². The van der Waals surface area contributed by atoms with Crippen LogP contribution in [0.5, 0.6) is 11.5 Å². The van der Waals surface area contributed by atoms with Crippen LogP contribution in [0, 0.1) is 0 Å². The molecule has 8 heteroatoms. The van der Waals surface area contributed by atoms with E-state index in [1.54, 1.807) is 36.2 Å². The Morgan fingerprint density at radius 1 is 1.17 bits per heavy atom. The van der Waals surface area contributed by atoms with E-state index in [-0.39, 0.29) is 18.2 Å². The van der Waals surface area contributed by atoms with Crippen molar-refractivity contribution in [1.29, 1.82) is 0 Å². The zero-order chi connectivity index (χ0) is 20.4. The normalized spacial score (nSPS) is 15.2. The number of rotatable bonds is 5. The predicted octanol–water partition coefficient (Wildman–Crippen LogP) is 3.09. The molecule has 1 aliphatic rings. The van der Waals surface area contributed by atoms with Crippen molar-refractivity contribution in [2.45, 2.75) is 12.5 Å². The van der Waals surface area contributed by atoms with Gasteiger partial charge in [-0.2, -0.15) is 5.10 Å². The highest BCUT2D eigenvalue weighted by atomic mass is 16.5. The van der Waals surface area contributed by atoms with Gasteiger partial charge in [0.25, 0.3) is 0 Å². The molecule has 0 aliphatic carbocycles. The highest BCUT2D eigenvalue weighted by Gasteiger charge is 2.33. The van der Waals surface area contributed by atoms with Crippen LogP contribution in [-0.2, 0) is 9.59 Å². The minimum absolute atomic E-state index is 0.00673. The predicted molar refractivity (Wildman–Crippen MR) is 108 cm³/mol. The number of nitrogens with one attached hydrogen (secondary N) is 2. The minimum atomic E-state index is -0.775. The fourth-order valence-electron chi connectivity index (χ4n) is 3.32. The maximum Gasteiger partial charge on any atom is 0.249 e. The van der Waals surface area contributed by atoms with Gasteiger partial charge in [0.2, 0.25) is 11.8 Å². The van der Waals surface area contributed by atoms with Crippen molar-refractivity contribution in [2.24, 2.45) is 0 Å². The van der Waals surface area contributed by atoms with Crippen LogP contribution in [-0.4, -0.2) is 35.8 Å². The first-order chi connectivity index (χ1) is 14.1. The number of nitrogens with zero attached hydrogens (tertiary/aromatic N) is 2. The lowest BCUT2D eigenvalue weighted by atomic mass is 10.1. The molecule has 0 radical (unpaired) electrons. The molecular weight excluding hydrogens is 372 g/mol. The average molecular weight is 392 g/mol. The molecule has 0 saturated heterocycles. The van der Waals surface area contributed by atoms with Crippen LogP contribution in [0.25, 0.3) is 11.1 Å². The molecule has 2 N–H and O–H groups in total. The molecule has 0 unspecified atom stereocenters. The lowest BCUT2D eigenvalue weighted by molar-refractivity contribution is -0.125. The van der Waals surface area contributed by atoms with Crippen LogP contribution in [0.1, 0.15) is 12.5 Å². The maximum atomic E-state index is 13.0. The zero-order valence-electron chi connectivity index (χ0n) is 16.0. The largest absolute Gasteiger partial charge is 0.497 e. The first kappa shape index (κ1) is 18.5. The summed E-state index contributed by atoms with van der Waals surface area (Å²) in [5.74, 6) is 0.987. The van der Waals surface area contributed by atoms with E-state index in [1.165, 1.54) is 7.11 Å². The van der Waals surface area contributed by atoms with Gasteiger partial charge in [-0.15, -0.1) is 0 Å². The number of hydrogen-bond acceptors (Lipinski definition) is 5. The standard InChI is InChI=1S/C21H20N4O4/c1-28-14-8-9-16(18(10-14)29-2)23-21(27)17-11-19(26)24-20-15(12-22-25(17)20)13-6-4-3-5-7-13/h3-10,12,17H,11H2,1-2H3,(H,23,27)(H,24,26)/t17-/m1/s1. The Morgan fingerprint density at radius 2 is 1.97 bits per heavy atom. The molecule has 8 nitrogen and oxygen atoms in total. The smallest absolute Gasteiger partial charge is 0.249 e. The van der Waals surface area contributed by atoms with Crippen molar-refractivity contribution < 1.29 is 19.1 Å². The molecule has 148 valence electrons. The first-order valence-electron chi connectivity index (χ1n) is 9.06. The van der Waals surface area contributed by atoms with Gasteiger partial charge in [0.15, 0.2) is 0 Å². The van der Waals surface area contributed by atoms with Crippen LogP contribution >= 0.6 is 0 Å². The second-order valence-corrected chi connectivity index (χ2v) is 6.54. The van der Waals surface area contributed by atoms with Crippen LogP contribution in [0.4, 0.5) is 11.5 Å². The van der Waals surface area contributed by atoms with Gasteiger partial charge in [0, 0.05) is 11.6 Å². The summed E-state index contributed by atoms with van der Waals surface area (Å²) in [6, 6.07) is 13.9. The number of amides is 2. The SMILES string of the molecule is COc1ccc(NC(=O)[C@H]2CC(=O)Nc3c(-c4ccccc4)cnn32)c(OC)c1. The Bertz CT molecular complexity index is 1060. The molecule has 2 amide bonds. The molecule has 1 aromatic heterocycles. The summed E-state index contributed by atoms with van der Waals surface area (Å²) < 4.78 is 12.1. The van der Waals surface area contributed by atoms with Gasteiger partial charge < -0.3 is 20.1 Å². The molecular formula is C21H20N4O4. The topological polar surface area (TPSA) is 94.5 Å². The summed E-state index contributed by atoms with van der Waals surface area (Å²) in [5, 5.41) is 10.0. The quantitative estimate of drug-likeness (QED) is 0.696. The second kappa shape index (κ2) is 7.67. The van der Waals surface area contributed by atoms with E-state index in [0.717, 1.165) is 11.1 Å². The van der Waals surface area contributed by atoms with Crippen molar-refractivity contribution >= 4 is 23.3 Å². The molecule has 2 aromatic carbocycles. The Kier molecular flexibility index (Phi) is 4.90. The van der Waals surface area contributed by atoms with E-state index in [2.05, 4.69) is 15.7 Å². The van der Waals surface area contributed by atoms with Crippen LogP contribution in [0.2, 0.25) is 0 Å². The third kappa shape index (κ3) is 3.52. The summed E-state index contributed by atoms with van der Waals surface area (Å²) in [4.78, 5) is 25.3. The molecule has 1 atom stereocenters. The number of fused-ring (bicyclic) bond motifs is 1. The first-order valence-corrected chi connectivity index (χ1v) is 9.06. The number of ether oxygens (including phenoxy) is 2. The Balaban J connectivity index is 1.64. The summed E-state index contributed by atoms with van der Waals surface area (Å²) in [6.45, 7) is 0.